The number of imidazole rings is 1. The Morgan fingerprint density at radius 2 is 2.10 bits per heavy atom. The zero-order valence-corrected chi connectivity index (χ0v) is 11.7. The van der Waals surface area contributed by atoms with Crippen molar-refractivity contribution in [1.82, 2.24) is 9.38 Å². The normalized spacial score (nSPS) is 11.0. The summed E-state index contributed by atoms with van der Waals surface area (Å²) in [6.07, 6.45) is 1.11. The van der Waals surface area contributed by atoms with Gasteiger partial charge in [-0.1, -0.05) is 17.7 Å². The smallest absolute Gasteiger partial charge is 0.355 e. The number of aromatic nitrogens is 2. The molecule has 0 atom stereocenters. The quantitative estimate of drug-likeness (QED) is 0.783. The van der Waals surface area contributed by atoms with Crippen LogP contribution in [0.4, 0.5) is 4.39 Å². The summed E-state index contributed by atoms with van der Waals surface area (Å²) in [5.41, 5.74) is 2.02. The van der Waals surface area contributed by atoms with Gasteiger partial charge in [-0.2, -0.15) is 0 Å². The molecule has 2 heterocycles. The van der Waals surface area contributed by atoms with Gasteiger partial charge in [0.1, 0.15) is 17.2 Å². The van der Waals surface area contributed by atoms with Crippen molar-refractivity contribution in [1.29, 1.82) is 0 Å². The van der Waals surface area contributed by atoms with E-state index in [9.17, 15) is 14.3 Å². The molecule has 0 amide bonds. The lowest BCUT2D eigenvalue weighted by molar-refractivity contribution is 0.0690. The second kappa shape index (κ2) is 4.86. The van der Waals surface area contributed by atoms with Crippen LogP contribution in [0.1, 0.15) is 16.1 Å². The molecule has 106 valence electrons. The molecule has 0 bridgehead atoms. The predicted molar refractivity (Wildman–Crippen MR) is 77.3 cm³/mol. The molecule has 0 saturated heterocycles. The van der Waals surface area contributed by atoms with Gasteiger partial charge in [0, 0.05) is 16.8 Å². The molecule has 0 saturated carbocycles. The van der Waals surface area contributed by atoms with E-state index in [2.05, 4.69) is 4.98 Å². The maximum atomic E-state index is 13.3. The van der Waals surface area contributed by atoms with Crippen molar-refractivity contribution in [2.45, 2.75) is 6.92 Å². The molecule has 0 fully saturated rings. The van der Waals surface area contributed by atoms with Crippen LogP contribution in [-0.4, -0.2) is 20.5 Å². The molecular formula is C15H10ClFN2O2. The van der Waals surface area contributed by atoms with Crippen molar-refractivity contribution in [3.8, 4) is 11.3 Å². The van der Waals surface area contributed by atoms with Crippen LogP contribution in [0.3, 0.4) is 0 Å². The second-order valence-electron chi connectivity index (χ2n) is 4.65. The van der Waals surface area contributed by atoms with E-state index in [0.29, 0.717) is 16.2 Å². The van der Waals surface area contributed by atoms with E-state index in [-0.39, 0.29) is 11.4 Å². The lowest BCUT2D eigenvalue weighted by atomic mass is 10.1. The zero-order valence-electron chi connectivity index (χ0n) is 11.0. The van der Waals surface area contributed by atoms with Crippen LogP contribution in [0.5, 0.6) is 0 Å². The average Bonchev–Trinajstić information content (AvgIpc) is 2.80. The molecule has 3 rings (SSSR count). The third-order valence-corrected chi connectivity index (χ3v) is 3.64. The molecule has 0 aliphatic heterocycles. The largest absolute Gasteiger partial charge is 0.476 e. The number of rotatable bonds is 2. The van der Waals surface area contributed by atoms with E-state index in [1.54, 1.807) is 18.2 Å². The minimum Gasteiger partial charge on any atom is -0.476 e. The number of carboxylic acid groups (broad SMARTS) is 1. The first-order chi connectivity index (χ1) is 9.97. The number of halogens is 2. The van der Waals surface area contributed by atoms with Crippen LogP contribution in [0.25, 0.3) is 16.9 Å². The first-order valence-electron chi connectivity index (χ1n) is 6.15. The fourth-order valence-electron chi connectivity index (χ4n) is 2.22. The Kier molecular flexibility index (Phi) is 3.14. The first kappa shape index (κ1) is 13.6. The van der Waals surface area contributed by atoms with Gasteiger partial charge in [0.2, 0.25) is 0 Å². The maximum absolute atomic E-state index is 13.3. The van der Waals surface area contributed by atoms with Crippen molar-refractivity contribution in [3.05, 3.63) is 58.6 Å². The third-order valence-electron chi connectivity index (χ3n) is 3.22. The zero-order chi connectivity index (χ0) is 15.1. The van der Waals surface area contributed by atoms with Crippen LogP contribution >= 0.6 is 11.6 Å². The average molecular weight is 305 g/mol. The number of pyridine rings is 1. The molecule has 0 unspecified atom stereocenters. The number of carboxylic acids is 1. The van der Waals surface area contributed by atoms with Crippen molar-refractivity contribution >= 4 is 23.2 Å². The minimum atomic E-state index is -1.17. The van der Waals surface area contributed by atoms with Crippen LogP contribution < -0.4 is 0 Å². The molecule has 0 aliphatic rings. The van der Waals surface area contributed by atoms with Crippen molar-refractivity contribution in [2.75, 3.05) is 0 Å². The van der Waals surface area contributed by atoms with Crippen molar-refractivity contribution < 1.29 is 14.3 Å². The first-order valence-corrected chi connectivity index (χ1v) is 6.52. The summed E-state index contributed by atoms with van der Waals surface area (Å²) in [7, 11) is 0. The molecule has 21 heavy (non-hydrogen) atoms. The summed E-state index contributed by atoms with van der Waals surface area (Å²) >= 11 is 5.98. The molecule has 2 aromatic heterocycles. The fourth-order valence-corrected chi connectivity index (χ4v) is 2.33. The number of hydrogen-bond acceptors (Lipinski definition) is 2. The molecular weight excluding hydrogens is 295 g/mol. The van der Waals surface area contributed by atoms with Gasteiger partial charge in [-0.05, 0) is 36.8 Å². The van der Waals surface area contributed by atoms with Crippen LogP contribution in [0.15, 0.2) is 36.5 Å². The number of benzene rings is 1. The SMILES string of the molecule is Cc1cc(-c2nc3ccc(F)cn3c2C(=O)O)ccc1Cl. The van der Waals surface area contributed by atoms with Gasteiger partial charge in [-0.3, -0.25) is 4.40 Å². The number of fused-ring (bicyclic) bond motifs is 1. The summed E-state index contributed by atoms with van der Waals surface area (Å²) in [5, 5.41) is 10.0. The highest BCUT2D eigenvalue weighted by atomic mass is 35.5. The van der Waals surface area contributed by atoms with Gasteiger partial charge < -0.3 is 5.11 Å². The standard InChI is InChI=1S/C15H10ClFN2O2/c1-8-6-9(2-4-11(8)16)13-14(15(20)21)19-7-10(17)3-5-12(19)18-13/h2-7H,1H3,(H,20,21). The van der Waals surface area contributed by atoms with Crippen LogP contribution in [0.2, 0.25) is 5.02 Å². The molecule has 3 aromatic rings. The number of aryl methyl sites for hydroxylation is 1. The lowest BCUT2D eigenvalue weighted by Crippen LogP contribution is -2.04. The minimum absolute atomic E-state index is 0.0776. The van der Waals surface area contributed by atoms with Gasteiger partial charge in [-0.25, -0.2) is 14.2 Å². The van der Waals surface area contributed by atoms with E-state index in [0.717, 1.165) is 11.8 Å². The number of hydrogen-bond donors (Lipinski definition) is 1. The number of carbonyl (C=O) groups is 1. The summed E-state index contributed by atoms with van der Waals surface area (Å²) in [5.74, 6) is -1.70. The van der Waals surface area contributed by atoms with Crippen molar-refractivity contribution in [2.24, 2.45) is 0 Å². The van der Waals surface area contributed by atoms with Crippen molar-refractivity contribution in [3.63, 3.8) is 0 Å². The summed E-state index contributed by atoms with van der Waals surface area (Å²) in [6, 6.07) is 7.81. The predicted octanol–water partition coefficient (Wildman–Crippen LogP) is 3.80. The van der Waals surface area contributed by atoms with Gasteiger partial charge in [-0.15, -0.1) is 0 Å². The Labute approximate surface area is 124 Å². The van der Waals surface area contributed by atoms with Gasteiger partial charge >= 0.3 is 5.97 Å². The van der Waals surface area contributed by atoms with E-state index in [1.807, 2.05) is 6.92 Å². The maximum Gasteiger partial charge on any atom is 0.355 e. The summed E-state index contributed by atoms with van der Waals surface area (Å²) in [4.78, 5) is 15.8. The highest BCUT2D eigenvalue weighted by Gasteiger charge is 2.20. The highest BCUT2D eigenvalue weighted by molar-refractivity contribution is 6.31. The Morgan fingerprint density at radius 3 is 2.76 bits per heavy atom. The molecule has 1 aromatic carbocycles. The molecule has 0 radical (unpaired) electrons. The molecule has 0 spiro atoms. The van der Waals surface area contributed by atoms with Crippen LogP contribution in [0, 0.1) is 12.7 Å². The van der Waals surface area contributed by atoms with Gasteiger partial charge in [0.15, 0.2) is 5.69 Å². The fraction of sp³-hybridized carbons (Fsp3) is 0.0667. The Morgan fingerprint density at radius 1 is 1.33 bits per heavy atom. The van der Waals surface area contributed by atoms with E-state index >= 15 is 0 Å². The number of nitrogens with zero attached hydrogens (tertiary/aromatic N) is 2. The Balaban J connectivity index is 2.33. The monoisotopic (exact) mass is 304 g/mol. The van der Waals surface area contributed by atoms with Crippen LogP contribution in [-0.2, 0) is 0 Å². The molecule has 4 nitrogen and oxygen atoms in total. The Bertz CT molecular complexity index is 873. The second-order valence-corrected chi connectivity index (χ2v) is 5.06. The van der Waals surface area contributed by atoms with E-state index in [4.69, 9.17) is 11.6 Å². The van der Waals surface area contributed by atoms with E-state index in [1.165, 1.54) is 16.5 Å². The Hall–Kier alpha value is -2.40. The van der Waals surface area contributed by atoms with E-state index < -0.39 is 11.8 Å². The lowest BCUT2D eigenvalue weighted by Gasteiger charge is -2.03. The number of aromatic carboxylic acids is 1. The molecule has 0 aliphatic carbocycles. The molecule has 6 heteroatoms. The van der Waals surface area contributed by atoms with Gasteiger partial charge in [0.05, 0.1) is 0 Å². The summed E-state index contributed by atoms with van der Waals surface area (Å²) in [6.45, 7) is 1.82. The molecule has 1 N–H and O–H groups in total. The van der Waals surface area contributed by atoms with Gasteiger partial charge in [0.25, 0.3) is 0 Å². The third kappa shape index (κ3) is 2.25. The summed E-state index contributed by atoms with van der Waals surface area (Å²) < 4.78 is 14.6. The topological polar surface area (TPSA) is 54.6 Å². The highest BCUT2D eigenvalue weighted by Crippen LogP contribution is 2.28.